The molecule has 1 saturated heterocycles. The van der Waals surface area contributed by atoms with E-state index in [1.165, 1.54) is 4.90 Å². The largest absolute Gasteiger partial charge is 0.465 e. The van der Waals surface area contributed by atoms with Gasteiger partial charge < -0.3 is 14.4 Å². The van der Waals surface area contributed by atoms with Crippen molar-refractivity contribution in [2.75, 3.05) is 19.4 Å². The number of carboxylic acid groups (broad SMARTS) is 1. The number of likely N-dealkylation sites (tertiary alicyclic amines) is 1. The average Bonchev–Trinajstić information content (AvgIpc) is 3.10. The Morgan fingerprint density at radius 3 is 1.97 bits per heavy atom. The number of hydrogen-bond donors (Lipinski definition) is 1. The van der Waals surface area contributed by atoms with Gasteiger partial charge in [0.1, 0.15) is 0 Å². The van der Waals surface area contributed by atoms with E-state index >= 15 is 0 Å². The van der Waals surface area contributed by atoms with Gasteiger partial charge >= 0.3 is 6.09 Å². The second kappa shape index (κ2) is 9.34. The first-order valence-corrected chi connectivity index (χ1v) is 14.3. The molecule has 0 bridgehead atoms. The van der Waals surface area contributed by atoms with Gasteiger partial charge in [-0.1, -0.05) is 81.4 Å². The summed E-state index contributed by atoms with van der Waals surface area (Å²) in [5.41, 5.74) is 0. The van der Waals surface area contributed by atoms with Crippen molar-refractivity contribution in [3.63, 3.8) is 0 Å². The average molecular weight is 478 g/mol. The van der Waals surface area contributed by atoms with E-state index in [4.69, 9.17) is 8.61 Å². The fraction of sp³-hybridized carbons (Fsp3) is 0.435. The normalized spacial score (nSPS) is 19.8. The van der Waals surface area contributed by atoms with Crippen LogP contribution >= 0.6 is 0 Å². The molecular weight excluding hydrogens is 446 g/mol. The van der Waals surface area contributed by atoms with Crippen LogP contribution in [0, 0.1) is 0 Å². The molecule has 1 aliphatic heterocycles. The van der Waals surface area contributed by atoms with Crippen molar-refractivity contribution in [1.82, 2.24) is 4.90 Å². The van der Waals surface area contributed by atoms with Crippen LogP contribution in [0.25, 0.3) is 0 Å². The molecule has 0 aliphatic carbocycles. The lowest BCUT2D eigenvalue weighted by molar-refractivity contribution is 0.119. The molecule has 2 aromatic rings. The molecule has 32 heavy (non-hydrogen) atoms. The smallest absolute Gasteiger partial charge is 0.407 e. The summed E-state index contributed by atoms with van der Waals surface area (Å²) in [6.45, 7) is 6.61. The molecule has 1 heterocycles. The molecule has 1 amide bonds. The standard InChI is InChI=1S/C23H31NO6SSi/c1-23(2,3)32(20-11-7-5-8-12-20,21-13-9-6-10-14-21)29-17-18-15-19(30-31(4,27)28)16-24(18)22(25)26/h5-14,18-19H,15-17H2,1-4H3,(H,25,26)/t18-,19-/m0/s1. The monoisotopic (exact) mass is 477 g/mol. The van der Waals surface area contributed by atoms with E-state index in [0.29, 0.717) is 0 Å². The highest BCUT2D eigenvalue weighted by Crippen LogP contribution is 2.37. The molecule has 1 aliphatic rings. The molecule has 7 nitrogen and oxygen atoms in total. The molecule has 2 atom stereocenters. The first kappa shape index (κ1) is 24.4. The quantitative estimate of drug-likeness (QED) is 0.487. The maximum absolute atomic E-state index is 11.9. The Balaban J connectivity index is 1.98. The Bertz CT molecular complexity index is 984. The SMILES string of the molecule is CC(C)(C)[Si](OC[C@@H]1C[C@H](OS(C)(=O)=O)CN1C(=O)O)(c1ccccc1)c1ccccc1. The van der Waals surface area contributed by atoms with Crippen molar-refractivity contribution in [2.24, 2.45) is 0 Å². The van der Waals surface area contributed by atoms with Crippen molar-refractivity contribution >= 4 is 34.9 Å². The number of hydrogen-bond acceptors (Lipinski definition) is 5. The van der Waals surface area contributed by atoms with Crippen LogP contribution in [0.4, 0.5) is 4.79 Å². The first-order chi connectivity index (χ1) is 14.9. The first-order valence-electron chi connectivity index (χ1n) is 10.6. The topological polar surface area (TPSA) is 93.1 Å². The lowest BCUT2D eigenvalue weighted by atomic mass is 10.2. The van der Waals surface area contributed by atoms with Crippen LogP contribution in [0.5, 0.6) is 0 Å². The summed E-state index contributed by atoms with van der Waals surface area (Å²) in [7, 11) is -6.51. The molecule has 9 heteroatoms. The Hall–Kier alpha value is -2.20. The van der Waals surface area contributed by atoms with Crippen molar-refractivity contribution < 1.29 is 26.9 Å². The van der Waals surface area contributed by atoms with Crippen molar-refractivity contribution in [3.8, 4) is 0 Å². The Labute approximate surface area is 191 Å². The predicted octanol–water partition coefficient (Wildman–Crippen LogP) is 2.66. The summed E-state index contributed by atoms with van der Waals surface area (Å²) in [4.78, 5) is 13.1. The zero-order valence-corrected chi connectivity index (χ0v) is 20.7. The Morgan fingerprint density at radius 1 is 1.06 bits per heavy atom. The molecule has 0 radical (unpaired) electrons. The van der Waals surface area contributed by atoms with E-state index < -0.39 is 36.7 Å². The minimum Gasteiger partial charge on any atom is -0.465 e. The Kier molecular flexibility index (Phi) is 7.14. The zero-order valence-electron chi connectivity index (χ0n) is 18.9. The third-order valence-electron chi connectivity index (χ3n) is 5.84. The molecule has 0 spiro atoms. The summed E-state index contributed by atoms with van der Waals surface area (Å²) in [5, 5.41) is 11.7. The van der Waals surface area contributed by atoms with Gasteiger partial charge in [0.15, 0.2) is 0 Å². The minimum absolute atomic E-state index is 0.00280. The number of carbonyl (C=O) groups is 1. The van der Waals surface area contributed by atoms with E-state index in [9.17, 15) is 18.3 Å². The highest BCUT2D eigenvalue weighted by Gasteiger charge is 2.51. The number of nitrogens with zero attached hydrogens (tertiary/aromatic N) is 1. The number of rotatable bonds is 7. The fourth-order valence-corrected chi connectivity index (χ4v) is 9.80. The van der Waals surface area contributed by atoms with Crippen molar-refractivity contribution in [2.45, 2.75) is 44.4 Å². The molecule has 2 aromatic carbocycles. The maximum Gasteiger partial charge on any atom is 0.407 e. The van der Waals surface area contributed by atoms with Gasteiger partial charge in [0, 0.05) is 0 Å². The summed E-state index contributed by atoms with van der Waals surface area (Å²) < 4.78 is 35.1. The van der Waals surface area contributed by atoms with Gasteiger partial charge in [-0.05, 0) is 21.8 Å². The molecular formula is C23H31NO6SSi. The maximum atomic E-state index is 11.9. The van der Waals surface area contributed by atoms with Gasteiger partial charge in [0.25, 0.3) is 18.4 Å². The second-order valence-corrected chi connectivity index (χ2v) is 15.1. The minimum atomic E-state index is -3.68. The molecule has 1 fully saturated rings. The van der Waals surface area contributed by atoms with Crippen molar-refractivity contribution in [1.29, 1.82) is 0 Å². The van der Waals surface area contributed by atoms with E-state index in [2.05, 4.69) is 45.0 Å². The third-order valence-corrected chi connectivity index (χ3v) is 11.5. The van der Waals surface area contributed by atoms with Crippen LogP contribution in [0.2, 0.25) is 5.04 Å². The number of benzene rings is 2. The van der Waals surface area contributed by atoms with Crippen LogP contribution in [0.1, 0.15) is 27.2 Å². The highest BCUT2D eigenvalue weighted by molar-refractivity contribution is 7.86. The van der Waals surface area contributed by atoms with Crippen LogP contribution in [-0.2, 0) is 18.7 Å². The van der Waals surface area contributed by atoms with Crippen LogP contribution in [-0.4, -0.2) is 64.4 Å². The lowest BCUT2D eigenvalue weighted by Gasteiger charge is -2.43. The third kappa shape index (κ3) is 5.23. The fourth-order valence-electron chi connectivity index (χ4n) is 4.57. The summed E-state index contributed by atoms with van der Waals surface area (Å²) in [6, 6.07) is 19.7. The van der Waals surface area contributed by atoms with E-state index in [-0.39, 0.29) is 24.6 Å². The molecule has 3 rings (SSSR count). The van der Waals surface area contributed by atoms with Crippen LogP contribution in [0.15, 0.2) is 60.7 Å². The van der Waals surface area contributed by atoms with Crippen LogP contribution < -0.4 is 10.4 Å². The second-order valence-electron chi connectivity index (χ2n) is 9.22. The molecule has 0 unspecified atom stereocenters. The predicted molar refractivity (Wildman–Crippen MR) is 126 cm³/mol. The van der Waals surface area contributed by atoms with E-state index in [1.54, 1.807) is 0 Å². The Morgan fingerprint density at radius 2 is 1.56 bits per heavy atom. The van der Waals surface area contributed by atoms with Gasteiger partial charge in [-0.2, -0.15) is 8.42 Å². The molecule has 0 saturated carbocycles. The zero-order chi connectivity index (χ0) is 23.6. The van der Waals surface area contributed by atoms with Gasteiger partial charge in [-0.25, -0.2) is 4.79 Å². The van der Waals surface area contributed by atoms with Crippen LogP contribution in [0.3, 0.4) is 0 Å². The summed E-state index contributed by atoms with van der Waals surface area (Å²) >= 11 is 0. The van der Waals surface area contributed by atoms with E-state index in [0.717, 1.165) is 16.6 Å². The lowest BCUT2D eigenvalue weighted by Crippen LogP contribution is -2.67. The number of amides is 1. The van der Waals surface area contributed by atoms with Gasteiger partial charge in [-0.15, -0.1) is 0 Å². The summed E-state index contributed by atoms with van der Waals surface area (Å²) in [5.74, 6) is 0. The van der Waals surface area contributed by atoms with Gasteiger partial charge in [0.05, 0.1) is 31.6 Å². The highest BCUT2D eigenvalue weighted by atomic mass is 32.2. The van der Waals surface area contributed by atoms with Gasteiger partial charge in [0.2, 0.25) is 0 Å². The van der Waals surface area contributed by atoms with Crippen molar-refractivity contribution in [3.05, 3.63) is 60.7 Å². The summed E-state index contributed by atoms with van der Waals surface area (Å²) in [6.07, 6.45) is -0.587. The van der Waals surface area contributed by atoms with Gasteiger partial charge in [-0.3, -0.25) is 4.18 Å². The van der Waals surface area contributed by atoms with E-state index in [1.807, 2.05) is 36.4 Å². The molecule has 174 valence electrons. The molecule has 0 aromatic heterocycles. The molecule has 1 N–H and O–H groups in total.